The van der Waals surface area contributed by atoms with Crippen molar-refractivity contribution < 1.29 is 13.9 Å². The summed E-state index contributed by atoms with van der Waals surface area (Å²) in [4.78, 5) is 21.8. The standard InChI is InChI=1S/C22H21N3O4S/c1-12(2)13(3)28-18-8-5-14-11-15(6-7-16(14)24-18)25-21(26)19-20(29-22(25)30)17(27-4)9-10-23-19/h5-13H,1-4H3. The summed E-state index contributed by atoms with van der Waals surface area (Å²) in [6.45, 7) is 6.21. The van der Waals surface area contributed by atoms with Crippen molar-refractivity contribution in [2.24, 2.45) is 5.92 Å². The van der Waals surface area contributed by atoms with E-state index in [0.29, 0.717) is 23.2 Å². The lowest BCUT2D eigenvalue weighted by Crippen LogP contribution is -2.20. The van der Waals surface area contributed by atoms with Gasteiger partial charge in [0.15, 0.2) is 11.3 Å². The topological polar surface area (TPSA) is 79.4 Å². The summed E-state index contributed by atoms with van der Waals surface area (Å²) in [5.41, 5.74) is 1.32. The van der Waals surface area contributed by atoms with Gasteiger partial charge in [0.25, 0.3) is 10.4 Å². The maximum atomic E-state index is 13.1. The van der Waals surface area contributed by atoms with Gasteiger partial charge in [0.2, 0.25) is 11.5 Å². The Kier molecular flexibility index (Phi) is 5.26. The molecule has 4 aromatic rings. The van der Waals surface area contributed by atoms with Gasteiger partial charge in [-0.1, -0.05) is 13.8 Å². The molecule has 1 unspecified atom stereocenters. The monoisotopic (exact) mass is 423 g/mol. The van der Waals surface area contributed by atoms with E-state index in [-0.39, 0.29) is 27.6 Å². The Balaban J connectivity index is 1.81. The summed E-state index contributed by atoms with van der Waals surface area (Å²) in [6.07, 6.45) is 1.55. The molecule has 8 heteroatoms. The zero-order valence-electron chi connectivity index (χ0n) is 17.1. The Bertz CT molecular complexity index is 1360. The van der Waals surface area contributed by atoms with Crippen LogP contribution in [0, 0.1) is 10.8 Å². The van der Waals surface area contributed by atoms with Gasteiger partial charge in [-0.3, -0.25) is 4.79 Å². The molecule has 0 saturated heterocycles. The van der Waals surface area contributed by atoms with Crippen molar-refractivity contribution in [1.82, 2.24) is 14.5 Å². The van der Waals surface area contributed by atoms with Crippen LogP contribution < -0.4 is 15.0 Å². The molecule has 30 heavy (non-hydrogen) atoms. The molecule has 1 aromatic carbocycles. The molecular formula is C22H21N3O4S. The first-order valence-corrected chi connectivity index (χ1v) is 9.96. The first-order valence-electron chi connectivity index (χ1n) is 9.55. The van der Waals surface area contributed by atoms with Gasteiger partial charge >= 0.3 is 0 Å². The van der Waals surface area contributed by atoms with E-state index in [1.54, 1.807) is 12.1 Å². The van der Waals surface area contributed by atoms with E-state index < -0.39 is 0 Å². The number of fused-ring (bicyclic) bond motifs is 2. The highest BCUT2D eigenvalue weighted by atomic mass is 32.1. The van der Waals surface area contributed by atoms with Crippen molar-refractivity contribution in [2.45, 2.75) is 26.9 Å². The Hall–Kier alpha value is -3.26. The van der Waals surface area contributed by atoms with Crippen molar-refractivity contribution in [3.05, 3.63) is 57.8 Å². The molecular weight excluding hydrogens is 402 g/mol. The number of aromatic nitrogens is 3. The Labute approximate surface area is 177 Å². The average molecular weight is 423 g/mol. The predicted octanol–water partition coefficient (Wildman–Crippen LogP) is 4.69. The maximum absolute atomic E-state index is 13.1. The van der Waals surface area contributed by atoms with Crippen LogP contribution in [0.15, 0.2) is 51.8 Å². The number of hydrogen-bond donors (Lipinski definition) is 0. The quantitative estimate of drug-likeness (QED) is 0.431. The van der Waals surface area contributed by atoms with Crippen LogP contribution in [0.1, 0.15) is 20.8 Å². The largest absolute Gasteiger partial charge is 0.493 e. The van der Waals surface area contributed by atoms with Crippen molar-refractivity contribution in [3.63, 3.8) is 0 Å². The highest BCUT2D eigenvalue weighted by molar-refractivity contribution is 7.71. The van der Waals surface area contributed by atoms with Crippen molar-refractivity contribution in [2.75, 3.05) is 7.11 Å². The van der Waals surface area contributed by atoms with E-state index in [1.807, 2.05) is 31.2 Å². The van der Waals surface area contributed by atoms with E-state index >= 15 is 0 Å². The Morgan fingerprint density at radius 2 is 1.93 bits per heavy atom. The molecule has 0 aliphatic heterocycles. The Morgan fingerprint density at radius 3 is 2.67 bits per heavy atom. The molecule has 0 bridgehead atoms. The summed E-state index contributed by atoms with van der Waals surface area (Å²) < 4.78 is 18.2. The second-order valence-electron chi connectivity index (χ2n) is 7.29. The smallest absolute Gasteiger partial charge is 0.288 e. The van der Waals surface area contributed by atoms with E-state index in [4.69, 9.17) is 26.1 Å². The van der Waals surface area contributed by atoms with Gasteiger partial charge in [-0.25, -0.2) is 14.5 Å². The molecule has 0 radical (unpaired) electrons. The van der Waals surface area contributed by atoms with Crippen LogP contribution in [0.2, 0.25) is 0 Å². The molecule has 0 spiro atoms. The fraction of sp³-hybridized carbons (Fsp3) is 0.273. The summed E-state index contributed by atoms with van der Waals surface area (Å²) in [6, 6.07) is 10.8. The number of ether oxygens (including phenoxy) is 2. The zero-order valence-corrected chi connectivity index (χ0v) is 17.9. The number of pyridine rings is 2. The van der Waals surface area contributed by atoms with E-state index in [9.17, 15) is 4.79 Å². The van der Waals surface area contributed by atoms with Gasteiger partial charge in [-0.2, -0.15) is 0 Å². The molecule has 3 heterocycles. The SMILES string of the molecule is COc1ccnc2c(=O)n(-c3ccc4nc(OC(C)C(C)C)ccc4c3)c(=S)oc12. The highest BCUT2D eigenvalue weighted by Crippen LogP contribution is 2.24. The van der Waals surface area contributed by atoms with Gasteiger partial charge in [-0.15, -0.1) is 0 Å². The van der Waals surface area contributed by atoms with Gasteiger partial charge in [0.05, 0.1) is 24.4 Å². The molecule has 154 valence electrons. The lowest BCUT2D eigenvalue weighted by molar-refractivity contribution is 0.164. The normalized spacial score (nSPS) is 12.4. The first kappa shape index (κ1) is 20.0. The van der Waals surface area contributed by atoms with Crippen molar-refractivity contribution in [3.8, 4) is 17.3 Å². The van der Waals surface area contributed by atoms with E-state index in [0.717, 1.165) is 10.9 Å². The number of nitrogens with zero attached hydrogens (tertiary/aromatic N) is 3. The van der Waals surface area contributed by atoms with Crippen LogP contribution in [0.3, 0.4) is 0 Å². The highest BCUT2D eigenvalue weighted by Gasteiger charge is 2.15. The van der Waals surface area contributed by atoms with Crippen LogP contribution in [-0.2, 0) is 0 Å². The number of hydrogen-bond acceptors (Lipinski definition) is 7. The Morgan fingerprint density at radius 1 is 1.13 bits per heavy atom. The minimum atomic E-state index is -0.377. The molecule has 0 amide bonds. The number of rotatable bonds is 5. The fourth-order valence-corrected chi connectivity index (χ4v) is 3.28. The second-order valence-corrected chi connectivity index (χ2v) is 7.64. The van der Waals surface area contributed by atoms with Gasteiger partial charge < -0.3 is 13.9 Å². The van der Waals surface area contributed by atoms with Crippen LogP contribution in [0.4, 0.5) is 0 Å². The number of benzene rings is 1. The minimum Gasteiger partial charge on any atom is -0.493 e. The van der Waals surface area contributed by atoms with Gasteiger partial charge in [-0.05, 0) is 49.3 Å². The molecule has 0 aliphatic rings. The maximum Gasteiger partial charge on any atom is 0.288 e. The van der Waals surface area contributed by atoms with E-state index in [1.165, 1.54) is 17.9 Å². The van der Waals surface area contributed by atoms with Gasteiger partial charge in [0, 0.05) is 23.7 Å². The van der Waals surface area contributed by atoms with Crippen molar-refractivity contribution in [1.29, 1.82) is 0 Å². The molecule has 7 nitrogen and oxygen atoms in total. The lowest BCUT2D eigenvalue weighted by atomic mass is 10.1. The third-order valence-corrected chi connectivity index (χ3v) is 5.28. The molecule has 1 atom stereocenters. The summed E-state index contributed by atoms with van der Waals surface area (Å²) >= 11 is 5.35. The average Bonchev–Trinajstić information content (AvgIpc) is 2.73. The van der Waals surface area contributed by atoms with Crippen LogP contribution in [0.25, 0.3) is 27.7 Å². The molecule has 4 rings (SSSR count). The first-order chi connectivity index (χ1) is 14.4. The van der Waals surface area contributed by atoms with Crippen LogP contribution in [-0.4, -0.2) is 27.7 Å². The lowest BCUT2D eigenvalue weighted by Gasteiger charge is -2.17. The second kappa shape index (κ2) is 7.87. The van der Waals surface area contributed by atoms with Crippen LogP contribution in [0.5, 0.6) is 11.6 Å². The molecule has 3 aromatic heterocycles. The fourth-order valence-electron chi connectivity index (χ4n) is 3.01. The summed E-state index contributed by atoms with van der Waals surface area (Å²) in [5.74, 6) is 1.35. The van der Waals surface area contributed by atoms with Crippen LogP contribution >= 0.6 is 12.2 Å². The zero-order chi connectivity index (χ0) is 21.4. The molecule has 0 saturated carbocycles. The van der Waals surface area contributed by atoms with Gasteiger partial charge in [0.1, 0.15) is 0 Å². The summed E-state index contributed by atoms with van der Waals surface area (Å²) in [5, 5.41) is 0.844. The minimum absolute atomic E-state index is 0.0109. The van der Waals surface area contributed by atoms with E-state index in [2.05, 4.69) is 23.8 Å². The molecule has 0 aliphatic carbocycles. The summed E-state index contributed by atoms with van der Waals surface area (Å²) in [7, 11) is 1.50. The third-order valence-electron chi connectivity index (χ3n) is 5.02. The predicted molar refractivity (Wildman–Crippen MR) is 117 cm³/mol. The third kappa shape index (κ3) is 3.54. The number of methoxy groups -OCH3 is 1. The van der Waals surface area contributed by atoms with Crippen molar-refractivity contribution >= 4 is 34.2 Å². The molecule has 0 fully saturated rings. The molecule has 0 N–H and O–H groups in total.